The first-order valence-corrected chi connectivity index (χ1v) is 7.97. The molecule has 0 bridgehead atoms. The van der Waals surface area contributed by atoms with Crippen LogP contribution in [0.1, 0.15) is 48.9 Å². The summed E-state index contributed by atoms with van der Waals surface area (Å²) in [5, 5.41) is 6.57. The van der Waals surface area contributed by atoms with Crippen molar-refractivity contribution in [1.82, 2.24) is 10.6 Å². The van der Waals surface area contributed by atoms with Gasteiger partial charge in [0.25, 0.3) is 0 Å². The van der Waals surface area contributed by atoms with E-state index in [1.54, 1.807) is 11.3 Å². The minimum atomic E-state index is -0.210. The molecule has 106 valence electrons. The highest BCUT2D eigenvalue weighted by molar-refractivity contribution is 7.12. The lowest BCUT2D eigenvalue weighted by atomic mass is 9.77. The van der Waals surface area contributed by atoms with Crippen LogP contribution in [0.4, 0.5) is 0 Å². The molecule has 2 N–H and O–H groups in total. The number of piperidine rings is 1. The van der Waals surface area contributed by atoms with E-state index < -0.39 is 0 Å². The van der Waals surface area contributed by atoms with Crippen molar-refractivity contribution in [2.75, 3.05) is 13.1 Å². The van der Waals surface area contributed by atoms with Gasteiger partial charge in [-0.05, 0) is 51.8 Å². The lowest BCUT2D eigenvalue weighted by molar-refractivity contribution is -0.133. The molecule has 1 saturated heterocycles. The highest BCUT2D eigenvalue weighted by atomic mass is 32.1. The van der Waals surface area contributed by atoms with Crippen LogP contribution in [0.3, 0.4) is 0 Å². The van der Waals surface area contributed by atoms with Crippen LogP contribution in [-0.2, 0) is 4.79 Å². The van der Waals surface area contributed by atoms with E-state index >= 15 is 0 Å². The first kappa shape index (κ1) is 14.5. The molecule has 1 fully saturated rings. The molecule has 1 aromatic heterocycles. The summed E-state index contributed by atoms with van der Waals surface area (Å²) in [6, 6.07) is 4.33. The minimum Gasteiger partial charge on any atom is -0.348 e. The van der Waals surface area contributed by atoms with Crippen LogP contribution in [0.5, 0.6) is 0 Å². The van der Waals surface area contributed by atoms with Crippen LogP contribution in [0.2, 0.25) is 0 Å². The van der Waals surface area contributed by atoms with Gasteiger partial charge in [-0.2, -0.15) is 0 Å². The molecule has 19 heavy (non-hydrogen) atoms. The first-order chi connectivity index (χ1) is 9.07. The number of hydrogen-bond acceptors (Lipinski definition) is 3. The third-order valence-electron chi connectivity index (χ3n) is 4.17. The highest BCUT2D eigenvalue weighted by Crippen LogP contribution is 2.31. The third-order valence-corrected chi connectivity index (χ3v) is 5.35. The molecule has 4 heteroatoms. The maximum atomic E-state index is 12.6. The van der Waals surface area contributed by atoms with Crippen LogP contribution in [0.15, 0.2) is 12.1 Å². The fraction of sp³-hybridized carbons (Fsp3) is 0.667. The van der Waals surface area contributed by atoms with Crippen molar-refractivity contribution in [2.45, 2.75) is 46.1 Å². The van der Waals surface area contributed by atoms with Crippen molar-refractivity contribution >= 4 is 17.2 Å². The van der Waals surface area contributed by atoms with Gasteiger partial charge in [0.1, 0.15) is 0 Å². The number of rotatable bonds is 4. The van der Waals surface area contributed by atoms with E-state index in [-0.39, 0.29) is 17.4 Å². The summed E-state index contributed by atoms with van der Waals surface area (Å²) in [4.78, 5) is 15.1. The van der Waals surface area contributed by atoms with E-state index in [2.05, 4.69) is 43.5 Å². The predicted molar refractivity (Wildman–Crippen MR) is 80.4 cm³/mol. The molecule has 0 saturated carbocycles. The van der Waals surface area contributed by atoms with Gasteiger partial charge in [0, 0.05) is 16.3 Å². The average molecular weight is 280 g/mol. The fourth-order valence-electron chi connectivity index (χ4n) is 2.73. The van der Waals surface area contributed by atoms with Gasteiger partial charge in [-0.15, -0.1) is 11.3 Å². The second-order valence-corrected chi connectivity index (χ2v) is 6.88. The van der Waals surface area contributed by atoms with Gasteiger partial charge in [-0.3, -0.25) is 4.79 Å². The highest BCUT2D eigenvalue weighted by Gasteiger charge is 2.38. The molecule has 2 unspecified atom stereocenters. The number of amides is 1. The number of carbonyl (C=O) groups excluding carboxylic acids is 1. The molecule has 2 heterocycles. The smallest absolute Gasteiger partial charge is 0.227 e. The zero-order chi connectivity index (χ0) is 13.9. The summed E-state index contributed by atoms with van der Waals surface area (Å²) in [7, 11) is 0. The Balaban J connectivity index is 2.03. The van der Waals surface area contributed by atoms with E-state index in [0.29, 0.717) is 0 Å². The van der Waals surface area contributed by atoms with Gasteiger partial charge < -0.3 is 10.6 Å². The SMILES string of the molecule is CCC1(C(=O)NC(C)c2ccc(C)s2)CCCNC1. The zero-order valence-corrected chi connectivity index (χ0v) is 12.9. The van der Waals surface area contributed by atoms with Gasteiger partial charge >= 0.3 is 0 Å². The Kier molecular flexibility index (Phi) is 4.63. The summed E-state index contributed by atoms with van der Waals surface area (Å²) in [5.74, 6) is 0.209. The monoisotopic (exact) mass is 280 g/mol. The summed E-state index contributed by atoms with van der Waals surface area (Å²) >= 11 is 1.76. The molecule has 2 atom stereocenters. The van der Waals surface area contributed by atoms with Crippen molar-refractivity contribution < 1.29 is 4.79 Å². The molecule has 1 aliphatic rings. The van der Waals surface area contributed by atoms with Crippen LogP contribution in [0.25, 0.3) is 0 Å². The van der Waals surface area contributed by atoms with Crippen molar-refractivity contribution in [3.05, 3.63) is 21.9 Å². The summed E-state index contributed by atoms with van der Waals surface area (Å²) in [6.45, 7) is 8.14. The van der Waals surface area contributed by atoms with Gasteiger partial charge in [0.05, 0.1) is 11.5 Å². The molecule has 0 aromatic carbocycles. The summed E-state index contributed by atoms with van der Waals surface area (Å²) < 4.78 is 0. The van der Waals surface area contributed by atoms with Crippen LogP contribution in [0, 0.1) is 12.3 Å². The van der Waals surface area contributed by atoms with Gasteiger partial charge in [-0.1, -0.05) is 6.92 Å². The Morgan fingerprint density at radius 1 is 1.58 bits per heavy atom. The average Bonchev–Trinajstić information content (AvgIpc) is 2.86. The van der Waals surface area contributed by atoms with E-state index in [4.69, 9.17) is 0 Å². The number of aryl methyl sites for hydroxylation is 1. The maximum Gasteiger partial charge on any atom is 0.227 e. The molecular formula is C15H24N2OS. The molecule has 1 aliphatic heterocycles. The number of nitrogens with one attached hydrogen (secondary N) is 2. The Bertz CT molecular complexity index is 435. The second-order valence-electron chi connectivity index (χ2n) is 5.56. The fourth-order valence-corrected chi connectivity index (χ4v) is 3.61. The van der Waals surface area contributed by atoms with E-state index in [0.717, 1.165) is 32.4 Å². The summed E-state index contributed by atoms with van der Waals surface area (Å²) in [5.41, 5.74) is -0.210. The van der Waals surface area contributed by atoms with Gasteiger partial charge in [-0.25, -0.2) is 0 Å². The standard InChI is InChI=1S/C15H24N2OS/c1-4-15(8-5-9-16-10-15)14(18)17-12(3)13-7-6-11(2)19-13/h6-7,12,16H,4-5,8-10H2,1-3H3,(H,17,18). The molecule has 0 radical (unpaired) electrons. The summed E-state index contributed by atoms with van der Waals surface area (Å²) in [6.07, 6.45) is 2.99. The quantitative estimate of drug-likeness (QED) is 0.890. The van der Waals surface area contributed by atoms with Crippen molar-refractivity contribution in [3.63, 3.8) is 0 Å². The topological polar surface area (TPSA) is 41.1 Å². The molecule has 3 nitrogen and oxygen atoms in total. The van der Waals surface area contributed by atoms with E-state index in [9.17, 15) is 4.79 Å². The maximum absolute atomic E-state index is 12.6. The normalized spacial score (nSPS) is 25.0. The Hall–Kier alpha value is -0.870. The predicted octanol–water partition coefficient (Wildman–Crippen LogP) is 3.01. The van der Waals surface area contributed by atoms with Crippen molar-refractivity contribution in [1.29, 1.82) is 0 Å². The molecule has 0 spiro atoms. The first-order valence-electron chi connectivity index (χ1n) is 7.15. The van der Waals surface area contributed by atoms with E-state index in [1.807, 2.05) is 0 Å². The third kappa shape index (κ3) is 3.18. The molecule has 1 aromatic rings. The Morgan fingerprint density at radius 3 is 2.89 bits per heavy atom. The zero-order valence-electron chi connectivity index (χ0n) is 12.1. The van der Waals surface area contributed by atoms with Gasteiger partial charge in [0.15, 0.2) is 0 Å². The van der Waals surface area contributed by atoms with Crippen molar-refractivity contribution in [2.24, 2.45) is 5.41 Å². The Morgan fingerprint density at radius 2 is 2.37 bits per heavy atom. The van der Waals surface area contributed by atoms with Crippen LogP contribution < -0.4 is 10.6 Å². The number of carbonyl (C=O) groups is 1. The largest absolute Gasteiger partial charge is 0.348 e. The lowest BCUT2D eigenvalue weighted by Gasteiger charge is -2.36. The van der Waals surface area contributed by atoms with Crippen LogP contribution in [-0.4, -0.2) is 19.0 Å². The molecule has 2 rings (SSSR count). The molecule has 1 amide bonds. The van der Waals surface area contributed by atoms with Gasteiger partial charge in [0.2, 0.25) is 5.91 Å². The van der Waals surface area contributed by atoms with Crippen LogP contribution >= 0.6 is 11.3 Å². The Labute approximate surface area is 119 Å². The van der Waals surface area contributed by atoms with E-state index in [1.165, 1.54) is 9.75 Å². The second kappa shape index (κ2) is 6.06. The molecule has 0 aliphatic carbocycles. The minimum absolute atomic E-state index is 0.108. The number of thiophene rings is 1. The van der Waals surface area contributed by atoms with Crippen molar-refractivity contribution in [3.8, 4) is 0 Å². The lowest BCUT2D eigenvalue weighted by Crippen LogP contribution is -2.50. The number of hydrogen-bond donors (Lipinski definition) is 2. The molecular weight excluding hydrogens is 256 g/mol.